The topological polar surface area (TPSA) is 86.5 Å². The first kappa shape index (κ1) is 26.1. The summed E-state index contributed by atoms with van der Waals surface area (Å²) >= 11 is 0. The van der Waals surface area contributed by atoms with Crippen molar-refractivity contribution in [2.24, 2.45) is 0 Å². The number of methoxy groups -OCH3 is 1. The number of para-hydroxylation sites is 1. The average molecular weight is 500 g/mol. The van der Waals surface area contributed by atoms with Gasteiger partial charge in [0, 0.05) is 13.7 Å². The largest absolute Gasteiger partial charge is 0.494 e. The van der Waals surface area contributed by atoms with Gasteiger partial charge in [0.1, 0.15) is 16.8 Å². The molecule has 0 fully saturated rings. The molecule has 4 aromatic rings. The lowest BCUT2D eigenvalue weighted by Gasteiger charge is -2.08. The number of rotatable bonds is 14. The third-order valence-electron chi connectivity index (χ3n) is 6.25. The van der Waals surface area contributed by atoms with Crippen LogP contribution in [-0.4, -0.2) is 46.5 Å². The van der Waals surface area contributed by atoms with Crippen molar-refractivity contribution >= 4 is 22.9 Å². The highest BCUT2D eigenvalue weighted by Gasteiger charge is 2.13. The first-order valence-electron chi connectivity index (χ1n) is 12.7. The predicted octanol–water partition coefficient (Wildman–Crippen LogP) is 6.60. The van der Waals surface area contributed by atoms with Crippen molar-refractivity contribution in [3.05, 3.63) is 83.9 Å². The molecule has 7 nitrogen and oxygen atoms in total. The second kappa shape index (κ2) is 13.4. The highest BCUT2D eigenvalue weighted by molar-refractivity contribution is 6.13. The molecule has 192 valence electrons. The van der Waals surface area contributed by atoms with E-state index in [1.54, 1.807) is 31.4 Å². The second-order valence-electron chi connectivity index (χ2n) is 8.96. The Morgan fingerprint density at radius 2 is 1.51 bits per heavy atom. The van der Waals surface area contributed by atoms with Gasteiger partial charge in [-0.3, -0.25) is 4.79 Å². The normalized spacial score (nSPS) is 11.4. The molecule has 0 saturated carbocycles. The number of allylic oxidation sites excluding steroid dienone is 1. The van der Waals surface area contributed by atoms with Crippen LogP contribution in [0.4, 0.5) is 0 Å². The fraction of sp³-hybridized carbons (Fsp3) is 0.300. The summed E-state index contributed by atoms with van der Waals surface area (Å²) in [5.74, 6) is 0.654. The molecule has 4 rings (SSSR count). The fourth-order valence-corrected chi connectivity index (χ4v) is 4.19. The SMILES string of the molecule is COCCCCCCCCOc1ccc(-c2ccc(/C=C/C(=O)c3cccc4nnn(O)c34)cc2)cc1. The molecular formula is C30H33N3O4. The van der Waals surface area contributed by atoms with E-state index in [4.69, 9.17) is 9.47 Å². The van der Waals surface area contributed by atoms with Crippen LogP contribution in [0.5, 0.6) is 5.75 Å². The van der Waals surface area contributed by atoms with Crippen molar-refractivity contribution < 1.29 is 19.5 Å². The van der Waals surface area contributed by atoms with Gasteiger partial charge in [-0.15, -0.1) is 5.10 Å². The minimum absolute atomic E-state index is 0.232. The van der Waals surface area contributed by atoms with E-state index in [0.717, 1.165) is 48.5 Å². The van der Waals surface area contributed by atoms with Gasteiger partial charge in [-0.1, -0.05) is 79.1 Å². The first-order valence-corrected chi connectivity index (χ1v) is 12.7. The number of nitrogens with zero attached hydrogens (tertiary/aromatic N) is 3. The zero-order valence-electron chi connectivity index (χ0n) is 21.2. The monoisotopic (exact) mass is 499 g/mol. The number of aromatic nitrogens is 3. The Hall–Kier alpha value is -3.97. The molecular weight excluding hydrogens is 466 g/mol. The zero-order chi connectivity index (χ0) is 25.9. The average Bonchev–Trinajstić information content (AvgIpc) is 3.32. The molecule has 1 N–H and O–H groups in total. The van der Waals surface area contributed by atoms with Gasteiger partial charge in [0.25, 0.3) is 0 Å². The molecule has 0 radical (unpaired) electrons. The lowest BCUT2D eigenvalue weighted by atomic mass is 10.0. The Morgan fingerprint density at radius 1 is 0.865 bits per heavy atom. The van der Waals surface area contributed by atoms with Gasteiger partial charge in [0.05, 0.1) is 12.2 Å². The Labute approximate surface area is 217 Å². The van der Waals surface area contributed by atoms with Crippen molar-refractivity contribution in [3.8, 4) is 16.9 Å². The van der Waals surface area contributed by atoms with E-state index < -0.39 is 0 Å². The maximum Gasteiger partial charge on any atom is 0.188 e. The Morgan fingerprint density at radius 3 is 2.22 bits per heavy atom. The number of fused-ring (bicyclic) bond motifs is 1. The van der Waals surface area contributed by atoms with Gasteiger partial charge in [0.2, 0.25) is 0 Å². The number of carbonyl (C=O) groups is 1. The molecule has 0 aliphatic carbocycles. The number of hydrogen-bond donors (Lipinski definition) is 1. The standard InChI is InChI=1S/C30H33N3O4/c1-36-21-6-4-2-3-5-7-22-37-26-18-16-25(17-19-26)24-14-11-23(12-15-24)13-20-29(34)27-9-8-10-28-30(27)33(35)32-31-28/h8-20,35H,2-7,21-22H2,1H3/b20-13+. The summed E-state index contributed by atoms with van der Waals surface area (Å²) in [4.78, 5) is 13.3. The number of benzene rings is 3. The number of ether oxygens (including phenoxy) is 2. The van der Waals surface area contributed by atoms with Gasteiger partial charge in [-0.05, 0) is 65.1 Å². The molecule has 7 heteroatoms. The Bertz CT molecular complexity index is 1310. The summed E-state index contributed by atoms with van der Waals surface area (Å²) in [5, 5.41) is 17.2. The van der Waals surface area contributed by atoms with Crippen LogP contribution in [0.3, 0.4) is 0 Å². The van der Waals surface area contributed by atoms with E-state index in [-0.39, 0.29) is 5.78 Å². The molecule has 0 bridgehead atoms. The maximum atomic E-state index is 12.7. The summed E-state index contributed by atoms with van der Waals surface area (Å²) in [7, 11) is 1.75. The van der Waals surface area contributed by atoms with Crippen molar-refractivity contribution in [1.29, 1.82) is 0 Å². The maximum absolute atomic E-state index is 12.7. The van der Waals surface area contributed by atoms with Gasteiger partial charge in [-0.25, -0.2) is 0 Å². The van der Waals surface area contributed by atoms with Gasteiger partial charge >= 0.3 is 0 Å². The molecule has 0 aliphatic heterocycles. The lowest BCUT2D eigenvalue weighted by Crippen LogP contribution is -2.00. The Balaban J connectivity index is 1.25. The molecule has 0 amide bonds. The van der Waals surface area contributed by atoms with Crippen molar-refractivity contribution in [2.45, 2.75) is 38.5 Å². The van der Waals surface area contributed by atoms with E-state index in [0.29, 0.717) is 21.4 Å². The van der Waals surface area contributed by atoms with Crippen LogP contribution >= 0.6 is 0 Å². The summed E-state index contributed by atoms with van der Waals surface area (Å²) in [6.07, 6.45) is 10.4. The zero-order valence-corrected chi connectivity index (χ0v) is 21.2. The molecule has 0 saturated heterocycles. The van der Waals surface area contributed by atoms with E-state index in [1.807, 2.05) is 36.4 Å². The summed E-state index contributed by atoms with van der Waals surface area (Å²) in [6, 6.07) is 21.2. The number of unbranched alkanes of at least 4 members (excludes halogenated alkanes) is 5. The first-order chi connectivity index (χ1) is 18.2. The van der Waals surface area contributed by atoms with Crippen LogP contribution in [0.1, 0.15) is 54.4 Å². The van der Waals surface area contributed by atoms with Crippen molar-refractivity contribution in [2.75, 3.05) is 20.3 Å². The van der Waals surface area contributed by atoms with Crippen molar-refractivity contribution in [1.82, 2.24) is 15.2 Å². The second-order valence-corrected chi connectivity index (χ2v) is 8.96. The summed E-state index contributed by atoms with van der Waals surface area (Å²) < 4.78 is 11.0. The molecule has 0 atom stereocenters. The molecule has 1 aromatic heterocycles. The number of hydrogen-bond acceptors (Lipinski definition) is 6. The van der Waals surface area contributed by atoms with Gasteiger partial charge < -0.3 is 14.7 Å². The van der Waals surface area contributed by atoms with Gasteiger partial charge in [-0.2, -0.15) is 0 Å². The van der Waals surface area contributed by atoms with Crippen LogP contribution in [0.25, 0.3) is 28.2 Å². The van der Waals surface area contributed by atoms with Crippen LogP contribution in [0, 0.1) is 0 Å². The fourth-order valence-electron chi connectivity index (χ4n) is 4.19. The molecule has 3 aromatic carbocycles. The molecule has 0 spiro atoms. The predicted molar refractivity (Wildman–Crippen MR) is 145 cm³/mol. The van der Waals surface area contributed by atoms with E-state index in [9.17, 15) is 10.0 Å². The molecule has 1 heterocycles. The number of carbonyl (C=O) groups excluding carboxylic acids is 1. The highest BCUT2D eigenvalue weighted by Crippen LogP contribution is 2.24. The molecule has 0 aliphatic rings. The van der Waals surface area contributed by atoms with Crippen LogP contribution in [0.15, 0.2) is 72.8 Å². The lowest BCUT2D eigenvalue weighted by molar-refractivity contribution is 0.104. The highest BCUT2D eigenvalue weighted by atomic mass is 16.5. The summed E-state index contributed by atoms with van der Waals surface area (Å²) in [5.41, 5.74) is 4.20. The Kier molecular flexibility index (Phi) is 9.43. The van der Waals surface area contributed by atoms with Crippen molar-refractivity contribution in [3.63, 3.8) is 0 Å². The third-order valence-corrected chi connectivity index (χ3v) is 6.25. The van der Waals surface area contributed by atoms with Crippen LogP contribution < -0.4 is 4.74 Å². The van der Waals surface area contributed by atoms with Crippen LogP contribution in [0.2, 0.25) is 0 Å². The minimum Gasteiger partial charge on any atom is -0.494 e. The minimum atomic E-state index is -0.232. The summed E-state index contributed by atoms with van der Waals surface area (Å²) in [6.45, 7) is 1.60. The van der Waals surface area contributed by atoms with E-state index in [1.165, 1.54) is 31.8 Å². The third kappa shape index (κ3) is 7.27. The molecule has 0 unspecified atom stereocenters. The van der Waals surface area contributed by atoms with Gasteiger partial charge in [0.15, 0.2) is 5.78 Å². The quantitative estimate of drug-likeness (QED) is 0.0911. The van der Waals surface area contributed by atoms with Crippen LogP contribution in [-0.2, 0) is 4.74 Å². The van der Waals surface area contributed by atoms with E-state index >= 15 is 0 Å². The molecule has 37 heavy (non-hydrogen) atoms. The smallest absolute Gasteiger partial charge is 0.188 e. The van der Waals surface area contributed by atoms with E-state index in [2.05, 4.69) is 22.4 Å². The number of ketones is 1.